The Kier molecular flexibility index (Phi) is 5.54. The smallest absolute Gasteiger partial charge is 0.264 e. The molecule has 0 aliphatic carbocycles. The average Bonchev–Trinajstić information content (AvgIpc) is 2.27. The standard InChI is InChI=1S/C14H21NO3S/c1-4-5-6-7-14(16)15-19(17,18)13-9-8-11(2)10-12(13)3/h8-10H,4-7H2,1-3H3,(H,15,16). The number of hydrogen-bond donors (Lipinski definition) is 1. The van der Waals surface area contributed by atoms with Crippen molar-refractivity contribution in [1.82, 2.24) is 4.72 Å². The Morgan fingerprint density at radius 1 is 1.21 bits per heavy atom. The molecular formula is C14H21NO3S. The van der Waals surface area contributed by atoms with Crippen molar-refractivity contribution in [3.8, 4) is 0 Å². The van der Waals surface area contributed by atoms with Crippen molar-refractivity contribution in [2.45, 2.75) is 51.3 Å². The maximum atomic E-state index is 12.1. The van der Waals surface area contributed by atoms with E-state index in [1.54, 1.807) is 19.1 Å². The highest BCUT2D eigenvalue weighted by Crippen LogP contribution is 2.16. The Balaban J connectivity index is 2.78. The number of amides is 1. The number of sulfonamides is 1. The van der Waals surface area contributed by atoms with Gasteiger partial charge >= 0.3 is 0 Å². The van der Waals surface area contributed by atoms with Gasteiger partial charge in [0.05, 0.1) is 4.90 Å². The van der Waals surface area contributed by atoms with Gasteiger partial charge in [-0.2, -0.15) is 0 Å². The van der Waals surface area contributed by atoms with Gasteiger partial charge in [0.25, 0.3) is 10.0 Å². The van der Waals surface area contributed by atoms with Crippen LogP contribution in [0, 0.1) is 13.8 Å². The molecule has 1 aromatic carbocycles. The number of carbonyl (C=O) groups is 1. The minimum atomic E-state index is -3.74. The molecule has 106 valence electrons. The maximum absolute atomic E-state index is 12.1. The first-order valence-electron chi connectivity index (χ1n) is 6.49. The molecule has 0 aliphatic heterocycles. The van der Waals surface area contributed by atoms with Crippen molar-refractivity contribution in [1.29, 1.82) is 0 Å². The summed E-state index contributed by atoms with van der Waals surface area (Å²) in [6.07, 6.45) is 2.89. The summed E-state index contributed by atoms with van der Waals surface area (Å²) in [6.45, 7) is 5.65. The molecule has 1 amide bonds. The van der Waals surface area contributed by atoms with Crippen LogP contribution in [0.4, 0.5) is 0 Å². The van der Waals surface area contributed by atoms with Gasteiger partial charge in [0.1, 0.15) is 0 Å². The van der Waals surface area contributed by atoms with E-state index in [0.717, 1.165) is 18.4 Å². The number of aryl methyl sites for hydroxylation is 2. The quantitative estimate of drug-likeness (QED) is 0.816. The predicted octanol–water partition coefficient (Wildman–Crippen LogP) is 2.69. The van der Waals surface area contributed by atoms with Crippen molar-refractivity contribution in [3.05, 3.63) is 29.3 Å². The maximum Gasteiger partial charge on any atom is 0.264 e. The Hall–Kier alpha value is -1.36. The van der Waals surface area contributed by atoms with E-state index in [2.05, 4.69) is 4.72 Å². The third kappa shape index (κ3) is 4.67. The molecule has 0 bridgehead atoms. The Morgan fingerprint density at radius 2 is 1.89 bits per heavy atom. The molecule has 19 heavy (non-hydrogen) atoms. The summed E-state index contributed by atoms with van der Waals surface area (Å²) in [5, 5.41) is 0. The molecule has 0 saturated heterocycles. The van der Waals surface area contributed by atoms with Gasteiger partial charge < -0.3 is 0 Å². The fraction of sp³-hybridized carbons (Fsp3) is 0.500. The topological polar surface area (TPSA) is 63.2 Å². The van der Waals surface area contributed by atoms with E-state index in [0.29, 0.717) is 12.0 Å². The van der Waals surface area contributed by atoms with E-state index in [1.807, 2.05) is 13.8 Å². The van der Waals surface area contributed by atoms with Crippen molar-refractivity contribution >= 4 is 15.9 Å². The molecule has 1 rings (SSSR count). The molecule has 0 aromatic heterocycles. The van der Waals surface area contributed by atoms with Gasteiger partial charge in [0, 0.05) is 6.42 Å². The summed E-state index contributed by atoms with van der Waals surface area (Å²) in [7, 11) is -3.74. The molecular weight excluding hydrogens is 262 g/mol. The highest BCUT2D eigenvalue weighted by atomic mass is 32.2. The largest absolute Gasteiger partial charge is 0.274 e. The van der Waals surface area contributed by atoms with Crippen molar-refractivity contribution in [2.75, 3.05) is 0 Å². The van der Waals surface area contributed by atoms with Gasteiger partial charge in [-0.3, -0.25) is 4.79 Å². The monoisotopic (exact) mass is 283 g/mol. The van der Waals surface area contributed by atoms with E-state index in [9.17, 15) is 13.2 Å². The van der Waals surface area contributed by atoms with Crippen LogP contribution in [0.5, 0.6) is 0 Å². The zero-order valence-corrected chi connectivity index (χ0v) is 12.5. The lowest BCUT2D eigenvalue weighted by atomic mass is 10.2. The van der Waals surface area contributed by atoms with Crippen LogP contribution >= 0.6 is 0 Å². The van der Waals surface area contributed by atoms with Gasteiger partial charge in [0.2, 0.25) is 5.91 Å². The Bertz CT molecular complexity index is 550. The van der Waals surface area contributed by atoms with Gasteiger partial charge in [0.15, 0.2) is 0 Å². The summed E-state index contributed by atoms with van der Waals surface area (Å²) < 4.78 is 26.3. The highest BCUT2D eigenvalue weighted by Gasteiger charge is 2.19. The lowest BCUT2D eigenvalue weighted by Gasteiger charge is -2.09. The number of rotatable bonds is 6. The van der Waals surface area contributed by atoms with Crippen LogP contribution in [0.3, 0.4) is 0 Å². The van der Waals surface area contributed by atoms with Crippen LogP contribution in [0.25, 0.3) is 0 Å². The summed E-state index contributed by atoms with van der Waals surface area (Å²) in [5.74, 6) is -0.437. The second-order valence-electron chi connectivity index (χ2n) is 4.75. The fourth-order valence-electron chi connectivity index (χ4n) is 1.89. The van der Waals surface area contributed by atoms with Crippen molar-refractivity contribution in [3.63, 3.8) is 0 Å². The Labute approximate surface area is 115 Å². The van der Waals surface area contributed by atoms with Crippen LogP contribution in [0.2, 0.25) is 0 Å². The van der Waals surface area contributed by atoms with Crippen LogP contribution < -0.4 is 4.72 Å². The summed E-state index contributed by atoms with van der Waals surface area (Å²) >= 11 is 0. The van der Waals surface area contributed by atoms with Crippen LogP contribution in [0.15, 0.2) is 23.1 Å². The molecule has 5 heteroatoms. The van der Waals surface area contributed by atoms with E-state index >= 15 is 0 Å². The van der Waals surface area contributed by atoms with E-state index in [4.69, 9.17) is 0 Å². The normalized spacial score (nSPS) is 11.3. The van der Waals surface area contributed by atoms with Crippen molar-refractivity contribution in [2.24, 2.45) is 0 Å². The van der Waals surface area contributed by atoms with Gasteiger partial charge in [-0.05, 0) is 31.9 Å². The summed E-state index contributed by atoms with van der Waals surface area (Å²) in [4.78, 5) is 11.8. The second kappa shape index (κ2) is 6.70. The number of carbonyl (C=O) groups excluding carboxylic acids is 1. The van der Waals surface area contributed by atoms with E-state index < -0.39 is 15.9 Å². The predicted molar refractivity (Wildman–Crippen MR) is 75.4 cm³/mol. The molecule has 0 radical (unpaired) electrons. The molecule has 1 N–H and O–H groups in total. The second-order valence-corrected chi connectivity index (χ2v) is 6.41. The number of benzene rings is 1. The molecule has 4 nitrogen and oxygen atoms in total. The van der Waals surface area contributed by atoms with Crippen LogP contribution in [-0.4, -0.2) is 14.3 Å². The van der Waals surface area contributed by atoms with Crippen LogP contribution in [0.1, 0.15) is 43.7 Å². The van der Waals surface area contributed by atoms with Gasteiger partial charge in [-0.25, -0.2) is 13.1 Å². The molecule has 0 fully saturated rings. The lowest BCUT2D eigenvalue weighted by Crippen LogP contribution is -2.30. The first-order chi connectivity index (χ1) is 8.86. The fourth-order valence-corrected chi connectivity index (χ4v) is 3.13. The number of nitrogens with one attached hydrogen (secondary N) is 1. The first-order valence-corrected chi connectivity index (χ1v) is 7.98. The van der Waals surface area contributed by atoms with E-state index in [1.165, 1.54) is 6.07 Å². The molecule has 1 aromatic rings. The molecule has 0 saturated carbocycles. The van der Waals surface area contributed by atoms with Crippen molar-refractivity contribution < 1.29 is 13.2 Å². The number of hydrogen-bond acceptors (Lipinski definition) is 3. The molecule has 0 spiro atoms. The third-order valence-electron chi connectivity index (χ3n) is 2.88. The summed E-state index contributed by atoms with van der Waals surface area (Å²) in [5.41, 5.74) is 1.64. The molecule has 0 heterocycles. The van der Waals surface area contributed by atoms with Gasteiger partial charge in [-0.1, -0.05) is 37.5 Å². The summed E-state index contributed by atoms with van der Waals surface area (Å²) in [6, 6.07) is 5.05. The SMILES string of the molecule is CCCCCC(=O)NS(=O)(=O)c1ccc(C)cc1C. The van der Waals surface area contributed by atoms with E-state index in [-0.39, 0.29) is 11.3 Å². The minimum absolute atomic E-state index is 0.168. The minimum Gasteiger partial charge on any atom is -0.274 e. The zero-order chi connectivity index (χ0) is 14.5. The lowest BCUT2D eigenvalue weighted by molar-refractivity contribution is -0.119. The molecule has 0 atom stereocenters. The molecule has 0 aliphatic rings. The Morgan fingerprint density at radius 3 is 2.47 bits per heavy atom. The zero-order valence-electron chi connectivity index (χ0n) is 11.7. The highest BCUT2D eigenvalue weighted by molar-refractivity contribution is 7.90. The third-order valence-corrected chi connectivity index (χ3v) is 4.41. The first kappa shape index (κ1) is 15.7. The van der Waals surface area contributed by atoms with Gasteiger partial charge in [-0.15, -0.1) is 0 Å². The molecule has 0 unspecified atom stereocenters. The number of unbranched alkanes of at least 4 members (excludes halogenated alkanes) is 2. The van der Waals surface area contributed by atoms with Crippen LogP contribution in [-0.2, 0) is 14.8 Å². The average molecular weight is 283 g/mol.